The average molecular weight is 877 g/mol. The van der Waals surface area contributed by atoms with Gasteiger partial charge in [-0.1, -0.05) is 221 Å². The molecule has 0 saturated carbocycles. The molecule has 6 nitrogen and oxygen atoms in total. The van der Waals surface area contributed by atoms with Crippen LogP contribution in [0.2, 0.25) is 0 Å². The molecule has 0 N–H and O–H groups in total. The van der Waals surface area contributed by atoms with Crippen molar-refractivity contribution in [3.05, 3.63) is 85.1 Å². The van der Waals surface area contributed by atoms with Crippen molar-refractivity contribution in [2.75, 3.05) is 13.2 Å². The SMILES string of the molecule is CC/C=C/C/C=C/C/C=C/C/C=C/C/C=C/CCCCCC(=O)OCC(COC(=O)CCCCCCCCCCCCCCC)OC(=O)CC/C=C/C/C=C/CCCCCCCC. The van der Waals surface area contributed by atoms with Gasteiger partial charge in [0, 0.05) is 19.3 Å². The second kappa shape index (κ2) is 51.2. The summed E-state index contributed by atoms with van der Waals surface area (Å²) < 4.78 is 16.7. The first kappa shape index (κ1) is 59.6. The Balaban J connectivity index is 4.48. The van der Waals surface area contributed by atoms with Crippen molar-refractivity contribution < 1.29 is 28.6 Å². The molecule has 1 unspecified atom stereocenters. The Hall–Kier alpha value is -3.41. The first-order valence-corrected chi connectivity index (χ1v) is 26.1. The van der Waals surface area contributed by atoms with Crippen LogP contribution >= 0.6 is 0 Å². The second-order valence-electron chi connectivity index (χ2n) is 17.1. The van der Waals surface area contributed by atoms with Crippen molar-refractivity contribution in [1.29, 1.82) is 0 Å². The third-order valence-electron chi connectivity index (χ3n) is 10.9. The molecule has 0 spiro atoms. The van der Waals surface area contributed by atoms with Crippen LogP contribution in [0.3, 0.4) is 0 Å². The van der Waals surface area contributed by atoms with Gasteiger partial charge in [0.15, 0.2) is 6.10 Å². The highest BCUT2D eigenvalue weighted by Crippen LogP contribution is 2.14. The van der Waals surface area contributed by atoms with Crippen molar-refractivity contribution in [3.8, 4) is 0 Å². The molecule has 0 aliphatic rings. The van der Waals surface area contributed by atoms with Gasteiger partial charge in [0.25, 0.3) is 0 Å². The lowest BCUT2D eigenvalue weighted by Crippen LogP contribution is -2.30. The lowest BCUT2D eigenvalue weighted by molar-refractivity contribution is -0.166. The van der Waals surface area contributed by atoms with Crippen LogP contribution in [-0.2, 0) is 28.6 Å². The van der Waals surface area contributed by atoms with E-state index in [9.17, 15) is 14.4 Å². The number of esters is 3. The van der Waals surface area contributed by atoms with Crippen molar-refractivity contribution >= 4 is 17.9 Å². The molecular weight excluding hydrogens is 781 g/mol. The number of unbranched alkanes of at least 4 members (excludes halogenated alkanes) is 21. The van der Waals surface area contributed by atoms with E-state index in [0.29, 0.717) is 19.3 Å². The Labute approximate surface area is 388 Å². The summed E-state index contributed by atoms with van der Waals surface area (Å²) in [5.41, 5.74) is 0. The highest BCUT2D eigenvalue weighted by atomic mass is 16.6. The molecule has 360 valence electrons. The summed E-state index contributed by atoms with van der Waals surface area (Å²) in [6.07, 6.45) is 65.8. The first-order chi connectivity index (χ1) is 31.0. The van der Waals surface area contributed by atoms with E-state index < -0.39 is 6.10 Å². The molecule has 6 heteroatoms. The molecule has 0 aromatic rings. The van der Waals surface area contributed by atoms with Gasteiger partial charge >= 0.3 is 17.9 Å². The van der Waals surface area contributed by atoms with Crippen LogP contribution in [0, 0.1) is 0 Å². The van der Waals surface area contributed by atoms with Gasteiger partial charge in [-0.15, -0.1) is 0 Å². The molecule has 1 atom stereocenters. The minimum atomic E-state index is -0.818. The fraction of sp³-hybridized carbons (Fsp3) is 0.702. The van der Waals surface area contributed by atoms with E-state index in [1.165, 1.54) is 103 Å². The summed E-state index contributed by atoms with van der Waals surface area (Å²) in [5, 5.41) is 0. The summed E-state index contributed by atoms with van der Waals surface area (Å²) in [4.78, 5) is 37.9. The zero-order valence-electron chi connectivity index (χ0n) is 41.1. The second-order valence-corrected chi connectivity index (χ2v) is 17.1. The molecular formula is C57H96O6. The van der Waals surface area contributed by atoms with E-state index in [2.05, 4.69) is 99.8 Å². The highest BCUT2D eigenvalue weighted by Gasteiger charge is 2.19. The first-order valence-electron chi connectivity index (χ1n) is 26.1. The van der Waals surface area contributed by atoms with Crippen molar-refractivity contribution in [2.45, 2.75) is 245 Å². The molecule has 0 fully saturated rings. The van der Waals surface area contributed by atoms with E-state index in [0.717, 1.165) is 89.9 Å². The molecule has 63 heavy (non-hydrogen) atoms. The number of hydrogen-bond donors (Lipinski definition) is 0. The molecule has 0 bridgehead atoms. The standard InChI is InChI=1S/C57H96O6/c1-4-7-10-13-16-19-22-25-26-27-28-29-30-33-35-38-41-44-47-50-56(59)62-53-54(63-57(60)51-48-45-42-39-36-32-24-21-18-15-12-9-6-3)52-61-55(58)49-46-43-40-37-34-31-23-20-17-14-11-8-5-2/h7,10,16,19,25-26,28-29,32-33,35-36,42,45,54H,4-6,8-9,11-15,17-18,20-24,27,30-31,34,37-41,43-44,46-53H2,1-3H3/b10-7+,19-16+,26-25+,29-28+,35-33+,36-32+,45-42+. The Morgan fingerprint density at radius 3 is 1.05 bits per heavy atom. The molecule has 0 heterocycles. The molecule has 0 rings (SSSR count). The summed E-state index contributed by atoms with van der Waals surface area (Å²) in [6, 6.07) is 0. The number of carbonyl (C=O) groups excluding carboxylic acids is 3. The molecule has 0 saturated heterocycles. The van der Waals surface area contributed by atoms with E-state index >= 15 is 0 Å². The van der Waals surface area contributed by atoms with Gasteiger partial charge in [-0.05, 0) is 83.5 Å². The summed E-state index contributed by atoms with van der Waals surface area (Å²) in [7, 11) is 0. The average Bonchev–Trinajstić information content (AvgIpc) is 3.28. The quantitative estimate of drug-likeness (QED) is 0.0262. The molecule has 0 aliphatic carbocycles. The zero-order valence-corrected chi connectivity index (χ0v) is 41.1. The van der Waals surface area contributed by atoms with Crippen molar-refractivity contribution in [2.24, 2.45) is 0 Å². The van der Waals surface area contributed by atoms with E-state index in [1.54, 1.807) is 0 Å². The molecule has 0 aromatic heterocycles. The van der Waals surface area contributed by atoms with Gasteiger partial charge in [-0.2, -0.15) is 0 Å². The number of ether oxygens (including phenoxy) is 3. The normalized spacial score (nSPS) is 12.7. The van der Waals surface area contributed by atoms with Crippen molar-refractivity contribution in [1.82, 2.24) is 0 Å². The summed E-state index contributed by atoms with van der Waals surface area (Å²) in [5.74, 6) is -1.01. The third-order valence-corrected chi connectivity index (χ3v) is 10.9. The minimum Gasteiger partial charge on any atom is -0.462 e. The predicted octanol–water partition coefficient (Wildman–Crippen LogP) is 17.2. The maximum atomic E-state index is 12.7. The van der Waals surface area contributed by atoms with Gasteiger partial charge in [0.1, 0.15) is 13.2 Å². The van der Waals surface area contributed by atoms with Crippen LogP contribution in [-0.4, -0.2) is 37.2 Å². The van der Waals surface area contributed by atoms with Gasteiger partial charge in [0.2, 0.25) is 0 Å². The molecule has 0 amide bonds. The largest absolute Gasteiger partial charge is 0.462 e. The van der Waals surface area contributed by atoms with Gasteiger partial charge < -0.3 is 14.2 Å². The summed E-state index contributed by atoms with van der Waals surface area (Å²) in [6.45, 7) is 6.43. The monoisotopic (exact) mass is 877 g/mol. The van der Waals surface area contributed by atoms with Crippen LogP contribution in [0.4, 0.5) is 0 Å². The van der Waals surface area contributed by atoms with Gasteiger partial charge in [0.05, 0.1) is 0 Å². The smallest absolute Gasteiger partial charge is 0.306 e. The number of carbonyl (C=O) groups is 3. The topological polar surface area (TPSA) is 78.9 Å². The lowest BCUT2D eigenvalue weighted by atomic mass is 10.0. The van der Waals surface area contributed by atoms with E-state index in [1.807, 2.05) is 6.08 Å². The Kier molecular flexibility index (Phi) is 48.5. The maximum absolute atomic E-state index is 12.7. The highest BCUT2D eigenvalue weighted by molar-refractivity contribution is 5.71. The predicted molar refractivity (Wildman–Crippen MR) is 270 cm³/mol. The minimum absolute atomic E-state index is 0.108. The van der Waals surface area contributed by atoms with Crippen LogP contribution in [0.5, 0.6) is 0 Å². The Morgan fingerprint density at radius 2 is 0.651 bits per heavy atom. The fourth-order valence-electron chi connectivity index (χ4n) is 6.99. The zero-order chi connectivity index (χ0) is 45.8. The third kappa shape index (κ3) is 49.5. The van der Waals surface area contributed by atoms with Crippen LogP contribution in [0.15, 0.2) is 85.1 Å². The Morgan fingerprint density at radius 1 is 0.333 bits per heavy atom. The Bertz CT molecular complexity index is 1240. The number of hydrogen-bond acceptors (Lipinski definition) is 6. The van der Waals surface area contributed by atoms with Crippen LogP contribution in [0.1, 0.15) is 239 Å². The van der Waals surface area contributed by atoms with Crippen LogP contribution < -0.4 is 0 Å². The van der Waals surface area contributed by atoms with Crippen molar-refractivity contribution in [3.63, 3.8) is 0 Å². The molecule has 0 radical (unpaired) electrons. The van der Waals surface area contributed by atoms with Gasteiger partial charge in [-0.3, -0.25) is 14.4 Å². The van der Waals surface area contributed by atoms with E-state index in [4.69, 9.17) is 14.2 Å². The lowest BCUT2D eigenvalue weighted by Gasteiger charge is -2.18. The fourth-order valence-corrected chi connectivity index (χ4v) is 6.99. The van der Waals surface area contributed by atoms with E-state index in [-0.39, 0.29) is 37.5 Å². The van der Waals surface area contributed by atoms with Crippen LogP contribution in [0.25, 0.3) is 0 Å². The number of allylic oxidation sites excluding steroid dienone is 14. The van der Waals surface area contributed by atoms with Gasteiger partial charge in [-0.25, -0.2) is 0 Å². The summed E-state index contributed by atoms with van der Waals surface area (Å²) >= 11 is 0. The molecule has 0 aromatic carbocycles. The number of rotatable bonds is 46. The maximum Gasteiger partial charge on any atom is 0.306 e. The molecule has 0 aliphatic heterocycles.